The lowest BCUT2D eigenvalue weighted by Crippen LogP contribution is -2.13. The van der Waals surface area contributed by atoms with E-state index in [-0.39, 0.29) is 22.1 Å². The van der Waals surface area contributed by atoms with Crippen LogP contribution in [0.1, 0.15) is 12.5 Å². The lowest BCUT2D eigenvalue weighted by Gasteiger charge is -2.08. The van der Waals surface area contributed by atoms with Crippen molar-refractivity contribution in [2.45, 2.75) is 6.92 Å². The number of nitriles is 1. The van der Waals surface area contributed by atoms with E-state index in [0.29, 0.717) is 17.3 Å². The standard InChI is InChI=1S/C15H12ClN3O3S/c1-2-22-12-7-9(6-11(16)13(12)20)5-10(8-17)14(21)19-15-18-3-4-23-15/h3-7,20H,2H2,1H3,(H,18,19,21)/b10-5-. The number of halogens is 1. The average Bonchev–Trinajstić information content (AvgIpc) is 3.02. The van der Waals surface area contributed by atoms with Crippen LogP contribution in [0.2, 0.25) is 5.02 Å². The van der Waals surface area contributed by atoms with E-state index in [2.05, 4.69) is 10.3 Å². The zero-order valence-electron chi connectivity index (χ0n) is 12.0. The highest BCUT2D eigenvalue weighted by Crippen LogP contribution is 2.35. The maximum atomic E-state index is 12.1. The SMILES string of the molecule is CCOc1cc(/C=C(/C#N)C(=O)Nc2nccs2)cc(Cl)c1O. The van der Waals surface area contributed by atoms with Crippen molar-refractivity contribution in [1.82, 2.24) is 4.98 Å². The molecule has 0 atom stereocenters. The maximum absolute atomic E-state index is 12.1. The van der Waals surface area contributed by atoms with Gasteiger partial charge in [0, 0.05) is 11.6 Å². The number of thiazole rings is 1. The molecule has 2 rings (SSSR count). The molecule has 0 saturated carbocycles. The molecule has 1 aromatic carbocycles. The molecule has 0 aliphatic carbocycles. The van der Waals surface area contributed by atoms with Crippen molar-refractivity contribution in [2.75, 3.05) is 11.9 Å². The van der Waals surface area contributed by atoms with Crippen LogP contribution in [0.25, 0.3) is 6.08 Å². The molecule has 2 N–H and O–H groups in total. The summed E-state index contributed by atoms with van der Waals surface area (Å²) in [7, 11) is 0. The second kappa shape index (κ2) is 7.63. The number of hydrogen-bond acceptors (Lipinski definition) is 6. The van der Waals surface area contributed by atoms with Gasteiger partial charge in [0.15, 0.2) is 16.6 Å². The van der Waals surface area contributed by atoms with Gasteiger partial charge in [-0.15, -0.1) is 11.3 Å². The minimum atomic E-state index is -0.579. The second-order valence-electron chi connectivity index (χ2n) is 4.24. The van der Waals surface area contributed by atoms with Crippen LogP contribution in [-0.2, 0) is 4.79 Å². The first-order chi connectivity index (χ1) is 11.0. The molecule has 1 aromatic heterocycles. The number of phenols is 1. The normalized spacial score (nSPS) is 10.9. The molecular weight excluding hydrogens is 338 g/mol. The van der Waals surface area contributed by atoms with Gasteiger partial charge in [-0.3, -0.25) is 10.1 Å². The molecule has 0 saturated heterocycles. The molecule has 1 amide bonds. The molecule has 6 nitrogen and oxygen atoms in total. The molecule has 0 aliphatic rings. The van der Waals surface area contributed by atoms with Gasteiger partial charge in [0.05, 0.1) is 11.6 Å². The number of benzene rings is 1. The summed E-state index contributed by atoms with van der Waals surface area (Å²) in [6.07, 6.45) is 2.90. The molecule has 0 fully saturated rings. The molecular formula is C15H12ClN3O3S. The third kappa shape index (κ3) is 4.22. The van der Waals surface area contributed by atoms with Gasteiger partial charge in [-0.25, -0.2) is 4.98 Å². The summed E-state index contributed by atoms with van der Waals surface area (Å²) in [6.45, 7) is 2.10. The second-order valence-corrected chi connectivity index (χ2v) is 5.55. The Morgan fingerprint density at radius 1 is 1.61 bits per heavy atom. The highest BCUT2D eigenvalue weighted by atomic mass is 35.5. The van der Waals surface area contributed by atoms with Crippen LogP contribution in [0.3, 0.4) is 0 Å². The van der Waals surface area contributed by atoms with Gasteiger partial charge in [0.2, 0.25) is 0 Å². The smallest absolute Gasteiger partial charge is 0.268 e. The Bertz CT molecular complexity index is 782. The Morgan fingerprint density at radius 3 is 3.00 bits per heavy atom. The Balaban J connectivity index is 2.30. The third-order valence-electron chi connectivity index (χ3n) is 2.68. The number of aromatic hydroxyl groups is 1. The van der Waals surface area contributed by atoms with Crippen LogP contribution in [0, 0.1) is 11.3 Å². The summed E-state index contributed by atoms with van der Waals surface area (Å²) in [5.74, 6) is -0.579. The molecule has 0 spiro atoms. The van der Waals surface area contributed by atoms with Crippen molar-refractivity contribution in [2.24, 2.45) is 0 Å². The number of carbonyl (C=O) groups is 1. The summed E-state index contributed by atoms with van der Waals surface area (Å²) < 4.78 is 5.26. The van der Waals surface area contributed by atoms with E-state index in [1.54, 1.807) is 18.5 Å². The van der Waals surface area contributed by atoms with Crippen molar-refractivity contribution in [3.8, 4) is 17.6 Å². The van der Waals surface area contributed by atoms with Gasteiger partial charge in [0.25, 0.3) is 5.91 Å². The fourth-order valence-corrected chi connectivity index (χ4v) is 2.45. The molecule has 8 heteroatoms. The van der Waals surface area contributed by atoms with Crippen LogP contribution in [-0.4, -0.2) is 22.6 Å². The number of anilines is 1. The fraction of sp³-hybridized carbons (Fsp3) is 0.133. The minimum Gasteiger partial charge on any atom is -0.503 e. The van der Waals surface area contributed by atoms with E-state index in [1.807, 2.05) is 6.07 Å². The quantitative estimate of drug-likeness (QED) is 0.636. The minimum absolute atomic E-state index is 0.0693. The van der Waals surface area contributed by atoms with Crippen LogP contribution in [0.4, 0.5) is 5.13 Å². The first-order valence-electron chi connectivity index (χ1n) is 6.53. The third-order valence-corrected chi connectivity index (χ3v) is 3.66. The number of hydrogen-bond donors (Lipinski definition) is 2. The average molecular weight is 350 g/mol. The first-order valence-corrected chi connectivity index (χ1v) is 7.78. The van der Waals surface area contributed by atoms with Crippen LogP contribution < -0.4 is 10.1 Å². The summed E-state index contributed by atoms with van der Waals surface area (Å²) in [4.78, 5) is 16.0. The zero-order valence-corrected chi connectivity index (χ0v) is 13.6. The topological polar surface area (TPSA) is 95.2 Å². The molecule has 2 aromatic rings. The number of aromatic nitrogens is 1. The van der Waals surface area contributed by atoms with Crippen LogP contribution >= 0.6 is 22.9 Å². The van der Waals surface area contributed by atoms with Gasteiger partial charge in [0.1, 0.15) is 11.6 Å². The summed E-state index contributed by atoms with van der Waals surface area (Å²) in [6, 6.07) is 4.76. The Hall–Kier alpha value is -2.56. The number of nitrogens with one attached hydrogen (secondary N) is 1. The summed E-state index contributed by atoms with van der Waals surface area (Å²) >= 11 is 7.17. The van der Waals surface area contributed by atoms with Crippen molar-refractivity contribution in [3.63, 3.8) is 0 Å². The molecule has 1 heterocycles. The number of nitrogens with zero attached hydrogens (tertiary/aromatic N) is 2. The van der Waals surface area contributed by atoms with E-state index < -0.39 is 5.91 Å². The number of amides is 1. The van der Waals surface area contributed by atoms with E-state index in [4.69, 9.17) is 16.3 Å². The predicted molar refractivity (Wildman–Crippen MR) is 88.6 cm³/mol. The van der Waals surface area contributed by atoms with Crippen molar-refractivity contribution < 1.29 is 14.6 Å². The Labute approximate surface area is 141 Å². The van der Waals surface area contributed by atoms with Gasteiger partial charge < -0.3 is 9.84 Å². The Kier molecular flexibility index (Phi) is 5.57. The number of ether oxygens (including phenoxy) is 1. The van der Waals surface area contributed by atoms with Crippen molar-refractivity contribution in [1.29, 1.82) is 5.26 Å². The van der Waals surface area contributed by atoms with E-state index in [0.717, 1.165) is 0 Å². The summed E-state index contributed by atoms with van der Waals surface area (Å²) in [5, 5.41) is 23.7. The van der Waals surface area contributed by atoms with E-state index in [9.17, 15) is 15.2 Å². The van der Waals surface area contributed by atoms with Crippen molar-refractivity contribution in [3.05, 3.63) is 39.9 Å². The monoisotopic (exact) mass is 349 g/mol. The Morgan fingerprint density at radius 2 is 2.39 bits per heavy atom. The number of phenolic OH excluding ortho intramolecular Hbond substituents is 1. The molecule has 0 bridgehead atoms. The predicted octanol–water partition coefficient (Wildman–Crippen LogP) is 3.45. The lowest BCUT2D eigenvalue weighted by atomic mass is 10.1. The van der Waals surface area contributed by atoms with Crippen LogP contribution in [0.5, 0.6) is 11.5 Å². The highest BCUT2D eigenvalue weighted by molar-refractivity contribution is 7.13. The molecule has 0 radical (unpaired) electrons. The van der Waals surface area contributed by atoms with Crippen molar-refractivity contribution >= 4 is 40.1 Å². The van der Waals surface area contributed by atoms with E-state index >= 15 is 0 Å². The van der Waals surface area contributed by atoms with Crippen LogP contribution in [0.15, 0.2) is 29.3 Å². The fourth-order valence-electron chi connectivity index (χ4n) is 1.71. The molecule has 0 unspecified atom stereocenters. The molecule has 23 heavy (non-hydrogen) atoms. The van der Waals surface area contributed by atoms with E-state index in [1.165, 1.54) is 29.5 Å². The maximum Gasteiger partial charge on any atom is 0.268 e. The molecule has 0 aliphatic heterocycles. The molecule has 118 valence electrons. The van der Waals surface area contributed by atoms with Gasteiger partial charge in [-0.2, -0.15) is 5.26 Å². The number of rotatable bonds is 5. The lowest BCUT2D eigenvalue weighted by molar-refractivity contribution is -0.112. The summed E-state index contributed by atoms with van der Waals surface area (Å²) in [5.41, 5.74) is 0.339. The van der Waals surface area contributed by atoms with Gasteiger partial charge >= 0.3 is 0 Å². The number of carbonyl (C=O) groups excluding carboxylic acids is 1. The van der Waals surface area contributed by atoms with Gasteiger partial charge in [-0.1, -0.05) is 11.6 Å². The first kappa shape index (κ1) is 16.8. The largest absolute Gasteiger partial charge is 0.503 e. The van der Waals surface area contributed by atoms with Gasteiger partial charge in [-0.05, 0) is 30.7 Å². The zero-order chi connectivity index (χ0) is 16.8. The highest BCUT2D eigenvalue weighted by Gasteiger charge is 2.13.